The Balaban J connectivity index is 2.10. The number of amides is 1. The Morgan fingerprint density at radius 1 is 1.04 bits per heavy atom. The van der Waals surface area contributed by atoms with Gasteiger partial charge in [0.25, 0.3) is 0 Å². The maximum Gasteiger partial charge on any atom is 0.228 e. The third-order valence-electron chi connectivity index (χ3n) is 3.07. The third kappa shape index (κ3) is 5.91. The van der Waals surface area contributed by atoms with E-state index in [0.29, 0.717) is 15.7 Å². The Bertz CT molecular complexity index is 703. The fraction of sp³-hybridized carbons (Fsp3) is 0.188. The van der Waals surface area contributed by atoms with Gasteiger partial charge in [-0.3, -0.25) is 4.79 Å². The van der Waals surface area contributed by atoms with Gasteiger partial charge >= 0.3 is 0 Å². The van der Waals surface area contributed by atoms with Crippen molar-refractivity contribution in [1.82, 2.24) is 5.32 Å². The number of benzene rings is 2. The molecule has 0 saturated carbocycles. The maximum atomic E-state index is 12.2. The minimum Gasteiger partial charge on any atom is -0.361 e. The first kappa shape index (κ1) is 19.5. The van der Waals surface area contributed by atoms with Crippen LogP contribution in [0.3, 0.4) is 0 Å². The first-order valence-corrected chi connectivity index (χ1v) is 8.76. The number of rotatable bonds is 5. The molecule has 1 atom stereocenters. The first-order valence-electron chi connectivity index (χ1n) is 6.87. The van der Waals surface area contributed by atoms with E-state index >= 15 is 0 Å². The molecule has 0 fully saturated rings. The van der Waals surface area contributed by atoms with E-state index in [4.69, 9.17) is 58.0 Å². The van der Waals surface area contributed by atoms with Crippen molar-refractivity contribution >= 4 is 69.6 Å². The molecule has 0 aromatic heterocycles. The predicted molar refractivity (Wildman–Crippen MR) is 102 cm³/mol. The molecule has 0 bridgehead atoms. The summed E-state index contributed by atoms with van der Waals surface area (Å²) in [7, 11) is 0. The van der Waals surface area contributed by atoms with Gasteiger partial charge in [-0.15, -0.1) is 0 Å². The molecule has 0 aliphatic heterocycles. The van der Waals surface area contributed by atoms with Gasteiger partial charge < -0.3 is 10.6 Å². The van der Waals surface area contributed by atoms with Crippen LogP contribution < -0.4 is 10.6 Å². The fourth-order valence-electron chi connectivity index (χ4n) is 1.96. The molecule has 0 aliphatic carbocycles. The van der Waals surface area contributed by atoms with E-state index in [1.165, 1.54) is 0 Å². The van der Waals surface area contributed by atoms with Crippen molar-refractivity contribution in [2.24, 2.45) is 0 Å². The third-order valence-corrected chi connectivity index (χ3v) is 4.27. The molecule has 0 spiro atoms. The Labute approximate surface area is 165 Å². The van der Waals surface area contributed by atoms with Crippen molar-refractivity contribution in [1.29, 1.82) is 0 Å². The molecule has 24 heavy (non-hydrogen) atoms. The number of carbonyl (C=O) groups excluding carboxylic acids is 1. The average Bonchev–Trinajstić information content (AvgIpc) is 2.49. The SMILES string of the molecule is O=C(Cc1ccccc1)N[C@@H](Nc1ccc(Cl)cc1Cl)C(Cl)(Cl)Cl. The van der Waals surface area contributed by atoms with Crippen LogP contribution in [0.4, 0.5) is 5.69 Å². The van der Waals surface area contributed by atoms with Crippen LogP contribution in [-0.2, 0) is 11.2 Å². The fourth-order valence-corrected chi connectivity index (χ4v) is 2.75. The molecule has 2 aromatic carbocycles. The molecular formula is C16H13Cl5N2O. The van der Waals surface area contributed by atoms with E-state index in [2.05, 4.69) is 10.6 Å². The van der Waals surface area contributed by atoms with E-state index in [-0.39, 0.29) is 12.3 Å². The van der Waals surface area contributed by atoms with Crippen LogP contribution in [-0.4, -0.2) is 15.9 Å². The number of hydrogen-bond donors (Lipinski definition) is 2. The van der Waals surface area contributed by atoms with Gasteiger partial charge in [-0.2, -0.15) is 0 Å². The highest BCUT2D eigenvalue weighted by molar-refractivity contribution is 6.68. The van der Waals surface area contributed by atoms with Crippen LogP contribution in [0.25, 0.3) is 0 Å². The lowest BCUT2D eigenvalue weighted by molar-refractivity contribution is -0.120. The summed E-state index contributed by atoms with van der Waals surface area (Å²) in [6, 6.07) is 14.1. The highest BCUT2D eigenvalue weighted by Crippen LogP contribution is 2.33. The number of anilines is 1. The van der Waals surface area contributed by atoms with Gasteiger partial charge in [-0.1, -0.05) is 88.3 Å². The summed E-state index contributed by atoms with van der Waals surface area (Å²) in [5, 5.41) is 6.39. The van der Waals surface area contributed by atoms with Gasteiger partial charge in [0.15, 0.2) is 0 Å². The Morgan fingerprint density at radius 2 is 1.71 bits per heavy atom. The van der Waals surface area contributed by atoms with Crippen molar-refractivity contribution in [3.63, 3.8) is 0 Å². The first-order chi connectivity index (χ1) is 11.3. The quantitative estimate of drug-likeness (QED) is 0.492. The zero-order chi connectivity index (χ0) is 17.7. The van der Waals surface area contributed by atoms with Crippen molar-refractivity contribution in [3.8, 4) is 0 Å². The van der Waals surface area contributed by atoms with Crippen LogP contribution in [0, 0.1) is 0 Å². The summed E-state index contributed by atoms with van der Waals surface area (Å²) < 4.78 is -1.78. The monoisotopic (exact) mass is 424 g/mol. The van der Waals surface area contributed by atoms with Gasteiger partial charge in [0.1, 0.15) is 6.17 Å². The summed E-state index contributed by atoms with van der Waals surface area (Å²) in [4.78, 5) is 12.2. The largest absolute Gasteiger partial charge is 0.361 e. The minimum absolute atomic E-state index is 0.161. The standard InChI is InChI=1S/C16H13Cl5N2O/c17-11-6-7-13(12(18)9-11)22-15(16(19,20)21)23-14(24)8-10-4-2-1-3-5-10/h1-7,9,15,22H,8H2,(H,23,24)/t15-/m1/s1. The number of hydrogen-bond acceptors (Lipinski definition) is 2. The molecule has 8 heteroatoms. The molecule has 2 aromatic rings. The normalized spacial score (nSPS) is 12.5. The minimum atomic E-state index is -1.78. The summed E-state index contributed by atoms with van der Waals surface area (Å²) in [6.45, 7) is 0. The second kappa shape index (κ2) is 8.50. The van der Waals surface area contributed by atoms with E-state index in [1.807, 2.05) is 30.3 Å². The number of carbonyl (C=O) groups is 1. The van der Waals surface area contributed by atoms with E-state index in [0.717, 1.165) is 5.56 Å². The van der Waals surface area contributed by atoms with Crippen LogP contribution in [0.5, 0.6) is 0 Å². The van der Waals surface area contributed by atoms with Crippen LogP contribution >= 0.6 is 58.0 Å². The molecule has 2 N–H and O–H groups in total. The van der Waals surface area contributed by atoms with Crippen LogP contribution in [0.2, 0.25) is 10.0 Å². The second-order valence-electron chi connectivity index (χ2n) is 4.97. The molecule has 128 valence electrons. The van der Waals surface area contributed by atoms with Crippen LogP contribution in [0.1, 0.15) is 5.56 Å². The van der Waals surface area contributed by atoms with E-state index in [1.54, 1.807) is 18.2 Å². The summed E-state index contributed by atoms with van der Waals surface area (Å²) in [6.07, 6.45) is -0.814. The topological polar surface area (TPSA) is 41.1 Å². The zero-order valence-corrected chi connectivity index (χ0v) is 16.0. The molecule has 0 aliphatic rings. The second-order valence-corrected chi connectivity index (χ2v) is 8.19. The molecule has 2 rings (SSSR count). The van der Waals surface area contributed by atoms with Crippen molar-refractivity contribution in [3.05, 3.63) is 64.1 Å². The number of halogens is 5. The molecule has 1 amide bonds. The highest BCUT2D eigenvalue weighted by Gasteiger charge is 2.34. The molecule has 0 saturated heterocycles. The number of alkyl halides is 3. The summed E-state index contributed by atoms with van der Waals surface area (Å²) in [5.74, 6) is -0.296. The molecule has 0 unspecified atom stereocenters. The van der Waals surface area contributed by atoms with Gasteiger partial charge in [0.2, 0.25) is 9.70 Å². The Hall–Kier alpha value is -0.840. The highest BCUT2D eigenvalue weighted by atomic mass is 35.6. The lowest BCUT2D eigenvalue weighted by Gasteiger charge is -2.28. The molecular weight excluding hydrogens is 413 g/mol. The van der Waals surface area contributed by atoms with E-state index in [9.17, 15) is 4.79 Å². The summed E-state index contributed by atoms with van der Waals surface area (Å²) in [5.41, 5.74) is 1.33. The Morgan fingerprint density at radius 3 is 2.29 bits per heavy atom. The smallest absolute Gasteiger partial charge is 0.228 e. The number of nitrogens with one attached hydrogen (secondary N) is 2. The average molecular weight is 427 g/mol. The van der Waals surface area contributed by atoms with Gasteiger partial charge in [-0.05, 0) is 23.8 Å². The van der Waals surface area contributed by atoms with Crippen LogP contribution in [0.15, 0.2) is 48.5 Å². The maximum absolute atomic E-state index is 12.2. The Kier molecular flexibility index (Phi) is 6.90. The lowest BCUT2D eigenvalue weighted by atomic mass is 10.1. The molecule has 3 nitrogen and oxygen atoms in total. The molecule has 0 radical (unpaired) electrons. The molecule has 0 heterocycles. The van der Waals surface area contributed by atoms with Gasteiger partial charge in [0, 0.05) is 5.02 Å². The van der Waals surface area contributed by atoms with Gasteiger partial charge in [0.05, 0.1) is 17.1 Å². The van der Waals surface area contributed by atoms with E-state index < -0.39 is 9.96 Å². The van der Waals surface area contributed by atoms with Gasteiger partial charge in [-0.25, -0.2) is 0 Å². The zero-order valence-electron chi connectivity index (χ0n) is 12.2. The summed E-state index contributed by atoms with van der Waals surface area (Å²) >= 11 is 29.9. The lowest BCUT2D eigenvalue weighted by Crippen LogP contribution is -2.49. The van der Waals surface area contributed by atoms with Crippen molar-refractivity contribution in [2.45, 2.75) is 16.4 Å². The van der Waals surface area contributed by atoms with Crippen molar-refractivity contribution < 1.29 is 4.79 Å². The van der Waals surface area contributed by atoms with Crippen molar-refractivity contribution in [2.75, 3.05) is 5.32 Å². The predicted octanol–water partition coefficient (Wildman–Crippen LogP) is 5.46.